The number of fused-ring (bicyclic) bond motifs is 1. The van der Waals surface area contributed by atoms with Crippen molar-refractivity contribution >= 4 is 40.9 Å². The van der Waals surface area contributed by atoms with E-state index < -0.39 is 17.9 Å². The lowest BCUT2D eigenvalue weighted by molar-refractivity contribution is -0.146. The highest BCUT2D eigenvalue weighted by Gasteiger charge is 2.25. The highest BCUT2D eigenvalue weighted by molar-refractivity contribution is 6.30. The molecule has 11 heteroatoms. The number of hydrogen-bond donors (Lipinski definition) is 3. The molecule has 1 fully saturated rings. The van der Waals surface area contributed by atoms with E-state index >= 15 is 0 Å². The van der Waals surface area contributed by atoms with Gasteiger partial charge in [-0.1, -0.05) is 29.8 Å². The molecule has 4 rings (SSSR count). The van der Waals surface area contributed by atoms with E-state index in [9.17, 15) is 14.4 Å². The third-order valence-corrected chi connectivity index (χ3v) is 5.96. The number of aromatic nitrogens is 1. The summed E-state index contributed by atoms with van der Waals surface area (Å²) < 4.78 is 10.9. The summed E-state index contributed by atoms with van der Waals surface area (Å²) in [4.78, 5) is 51.4. The molecule has 196 valence electrons. The van der Waals surface area contributed by atoms with Crippen molar-refractivity contribution in [2.75, 3.05) is 39.5 Å². The van der Waals surface area contributed by atoms with Crippen molar-refractivity contribution < 1.29 is 29.0 Å². The average Bonchev–Trinajstić information content (AvgIpc) is 2.89. The van der Waals surface area contributed by atoms with E-state index in [1.165, 1.54) is 6.07 Å². The van der Waals surface area contributed by atoms with Crippen molar-refractivity contribution in [1.82, 2.24) is 15.2 Å². The number of esters is 1. The van der Waals surface area contributed by atoms with Crippen LogP contribution in [-0.4, -0.2) is 78.8 Å². The van der Waals surface area contributed by atoms with E-state index in [4.69, 9.17) is 31.0 Å². The molecule has 37 heavy (non-hydrogen) atoms. The molecular weight excluding hydrogens is 502 g/mol. The standard InChI is InChI=1S/C25H26ClN3O5.CH2O2/c26-19-7-5-17(6-8-19)24(31)28-22(25(32)34-14-11-29-9-12-33-13-10-29)15-18-16-23(30)27-21-4-2-1-3-20(18)21;2-1-3/h1-8,16,22H,9-15H2,(H,27,30)(H,28,31);1H,(H,2,3). The van der Waals surface area contributed by atoms with Crippen molar-refractivity contribution in [3.05, 3.63) is 81.1 Å². The molecule has 0 bridgehead atoms. The number of H-pyrrole nitrogens is 1. The number of hydrogen-bond acceptors (Lipinski definition) is 7. The molecule has 0 spiro atoms. The lowest BCUT2D eigenvalue weighted by Crippen LogP contribution is -2.44. The van der Waals surface area contributed by atoms with Crippen LogP contribution >= 0.6 is 11.6 Å². The van der Waals surface area contributed by atoms with Gasteiger partial charge >= 0.3 is 5.97 Å². The van der Waals surface area contributed by atoms with Gasteiger partial charge in [-0.15, -0.1) is 0 Å². The minimum absolute atomic E-state index is 0.111. The predicted octanol–water partition coefficient (Wildman–Crippen LogP) is 2.10. The fourth-order valence-corrected chi connectivity index (χ4v) is 4.03. The Labute approximate surface area is 218 Å². The number of ether oxygens (including phenoxy) is 2. The van der Waals surface area contributed by atoms with E-state index in [1.54, 1.807) is 30.3 Å². The van der Waals surface area contributed by atoms with Crippen LogP contribution in [0.5, 0.6) is 0 Å². The molecule has 1 aromatic heterocycles. The van der Waals surface area contributed by atoms with Crippen molar-refractivity contribution in [2.45, 2.75) is 12.5 Å². The maximum Gasteiger partial charge on any atom is 0.329 e. The zero-order valence-electron chi connectivity index (χ0n) is 20.0. The van der Waals surface area contributed by atoms with Gasteiger partial charge in [-0.05, 0) is 35.9 Å². The Balaban J connectivity index is 0.00000121. The lowest BCUT2D eigenvalue weighted by Gasteiger charge is -2.26. The number of morpholine rings is 1. The normalized spacial score (nSPS) is 14.2. The molecule has 0 saturated carbocycles. The quantitative estimate of drug-likeness (QED) is 0.298. The zero-order valence-corrected chi connectivity index (χ0v) is 20.8. The monoisotopic (exact) mass is 529 g/mol. The summed E-state index contributed by atoms with van der Waals surface area (Å²) in [6.07, 6.45) is 0.111. The van der Waals surface area contributed by atoms with Gasteiger partial charge in [0.25, 0.3) is 12.4 Å². The molecule has 2 aromatic carbocycles. The van der Waals surface area contributed by atoms with E-state index in [-0.39, 0.29) is 25.1 Å². The number of nitrogens with zero attached hydrogens (tertiary/aromatic N) is 1. The smallest absolute Gasteiger partial charge is 0.329 e. The summed E-state index contributed by atoms with van der Waals surface area (Å²) in [7, 11) is 0. The molecule has 1 unspecified atom stereocenters. The molecule has 1 saturated heterocycles. The molecule has 3 aromatic rings. The first kappa shape index (κ1) is 27.9. The summed E-state index contributed by atoms with van der Waals surface area (Å²) in [5.41, 5.74) is 1.39. The maximum absolute atomic E-state index is 13.0. The van der Waals surface area contributed by atoms with E-state index in [1.807, 2.05) is 18.2 Å². The first-order valence-electron chi connectivity index (χ1n) is 11.6. The molecule has 10 nitrogen and oxygen atoms in total. The second-order valence-electron chi connectivity index (χ2n) is 8.17. The Hall–Kier alpha value is -3.73. The second-order valence-corrected chi connectivity index (χ2v) is 8.60. The SMILES string of the molecule is O=C(NC(Cc1cc(=O)[nH]c2ccccc12)C(=O)OCCN1CCOCC1)c1ccc(Cl)cc1.O=CO. The van der Waals surface area contributed by atoms with E-state index in [0.717, 1.165) is 18.5 Å². The van der Waals surface area contributed by atoms with Crippen LogP contribution in [0, 0.1) is 0 Å². The summed E-state index contributed by atoms with van der Waals surface area (Å²) >= 11 is 5.92. The molecule has 0 aliphatic carbocycles. The third-order valence-electron chi connectivity index (χ3n) is 5.71. The highest BCUT2D eigenvalue weighted by atomic mass is 35.5. The number of amides is 1. The molecule has 3 N–H and O–H groups in total. The van der Waals surface area contributed by atoms with Gasteiger partial charge in [-0.2, -0.15) is 0 Å². The number of pyridine rings is 1. The van der Waals surface area contributed by atoms with Gasteiger partial charge in [0.1, 0.15) is 12.6 Å². The van der Waals surface area contributed by atoms with Crippen LogP contribution in [0.15, 0.2) is 59.4 Å². The predicted molar refractivity (Wildman–Crippen MR) is 138 cm³/mol. The molecule has 1 aliphatic rings. The van der Waals surface area contributed by atoms with Gasteiger partial charge in [-0.25, -0.2) is 4.79 Å². The number of benzene rings is 2. The Kier molecular flexibility index (Phi) is 10.6. The number of carbonyl (C=O) groups excluding carboxylic acids is 2. The largest absolute Gasteiger partial charge is 0.483 e. The average molecular weight is 530 g/mol. The third kappa shape index (κ3) is 8.42. The van der Waals surface area contributed by atoms with Gasteiger partial charge in [0.15, 0.2) is 0 Å². The minimum atomic E-state index is -0.974. The molecule has 1 aliphatic heterocycles. The zero-order chi connectivity index (χ0) is 26.6. The molecule has 1 atom stereocenters. The van der Waals surface area contributed by atoms with Crippen LogP contribution < -0.4 is 10.9 Å². The van der Waals surface area contributed by atoms with Crippen LogP contribution in [0.25, 0.3) is 10.9 Å². The molecule has 1 amide bonds. The van der Waals surface area contributed by atoms with Crippen molar-refractivity contribution in [2.24, 2.45) is 0 Å². The van der Waals surface area contributed by atoms with Gasteiger partial charge in [0.2, 0.25) is 5.56 Å². The number of rotatable bonds is 8. The van der Waals surface area contributed by atoms with Crippen LogP contribution in [-0.2, 0) is 25.5 Å². The molecular formula is C26H28ClN3O7. The Morgan fingerprint density at radius 1 is 1.16 bits per heavy atom. The first-order valence-corrected chi connectivity index (χ1v) is 12.0. The number of carbonyl (C=O) groups is 3. The van der Waals surface area contributed by atoms with Gasteiger partial charge in [0.05, 0.1) is 13.2 Å². The Morgan fingerprint density at radius 3 is 2.54 bits per heavy atom. The fourth-order valence-electron chi connectivity index (χ4n) is 3.90. The van der Waals surface area contributed by atoms with Crippen molar-refractivity contribution in [1.29, 1.82) is 0 Å². The van der Waals surface area contributed by atoms with Crippen LogP contribution in [0.2, 0.25) is 5.02 Å². The first-order chi connectivity index (χ1) is 17.9. The van der Waals surface area contributed by atoms with Crippen LogP contribution in [0.4, 0.5) is 0 Å². The minimum Gasteiger partial charge on any atom is -0.483 e. The Morgan fingerprint density at radius 2 is 1.84 bits per heavy atom. The number of carboxylic acid groups (broad SMARTS) is 1. The topological polar surface area (TPSA) is 138 Å². The van der Waals surface area contributed by atoms with E-state index in [0.29, 0.717) is 41.4 Å². The van der Waals surface area contributed by atoms with Crippen LogP contribution in [0.1, 0.15) is 15.9 Å². The fraction of sp³-hybridized carbons (Fsp3) is 0.308. The van der Waals surface area contributed by atoms with Gasteiger partial charge in [0, 0.05) is 53.6 Å². The van der Waals surface area contributed by atoms with Crippen molar-refractivity contribution in [3.8, 4) is 0 Å². The maximum atomic E-state index is 13.0. The van der Waals surface area contributed by atoms with Gasteiger partial charge in [-0.3, -0.25) is 19.3 Å². The van der Waals surface area contributed by atoms with Crippen LogP contribution in [0.3, 0.4) is 0 Å². The highest BCUT2D eigenvalue weighted by Crippen LogP contribution is 2.17. The summed E-state index contributed by atoms with van der Waals surface area (Å²) in [5, 5.41) is 11.0. The molecule has 0 radical (unpaired) electrons. The summed E-state index contributed by atoms with van der Waals surface area (Å²) in [6.45, 7) is 3.41. The number of halogens is 1. The second kappa shape index (κ2) is 14.1. The van der Waals surface area contributed by atoms with E-state index in [2.05, 4.69) is 15.2 Å². The number of aromatic amines is 1. The lowest BCUT2D eigenvalue weighted by atomic mass is 10.0. The number of nitrogens with one attached hydrogen (secondary N) is 2. The summed E-state index contributed by atoms with van der Waals surface area (Å²) in [5.74, 6) is -0.985. The van der Waals surface area contributed by atoms with Gasteiger partial charge < -0.3 is 24.9 Å². The number of para-hydroxylation sites is 1. The Bertz CT molecular complexity index is 1260. The van der Waals surface area contributed by atoms with Crippen molar-refractivity contribution in [3.63, 3.8) is 0 Å². The molecule has 2 heterocycles. The summed E-state index contributed by atoms with van der Waals surface area (Å²) in [6, 6.07) is 14.2.